The Morgan fingerprint density at radius 3 is 2.55 bits per heavy atom. The molecule has 1 aliphatic carbocycles. The molecule has 0 heterocycles. The highest BCUT2D eigenvalue weighted by atomic mass is 16.5. The van der Waals surface area contributed by atoms with E-state index in [0.717, 1.165) is 12.1 Å². The number of nitrogens with zero attached hydrogens (tertiary/aromatic N) is 1. The van der Waals surface area contributed by atoms with Gasteiger partial charge < -0.3 is 10.1 Å². The van der Waals surface area contributed by atoms with Crippen molar-refractivity contribution in [1.29, 1.82) is 5.26 Å². The molecular weight excluding hydrogens is 248 g/mol. The molecule has 3 nitrogen and oxygen atoms in total. The van der Waals surface area contributed by atoms with Gasteiger partial charge in [-0.2, -0.15) is 5.26 Å². The molecule has 0 saturated heterocycles. The average Bonchev–Trinajstić information content (AvgIpc) is 2.45. The average molecular weight is 272 g/mol. The lowest BCUT2D eigenvalue weighted by Gasteiger charge is -2.21. The summed E-state index contributed by atoms with van der Waals surface area (Å²) in [7, 11) is 1.60. The zero-order valence-electron chi connectivity index (χ0n) is 12.3. The molecule has 0 bridgehead atoms. The van der Waals surface area contributed by atoms with Crippen molar-refractivity contribution >= 4 is 0 Å². The normalized spacial score (nSPS) is 17.0. The Balaban J connectivity index is 1.91. The van der Waals surface area contributed by atoms with Gasteiger partial charge in [-0.1, -0.05) is 38.2 Å². The van der Waals surface area contributed by atoms with E-state index in [1.165, 1.54) is 44.9 Å². The lowest BCUT2D eigenvalue weighted by Crippen LogP contribution is -2.29. The fourth-order valence-electron chi connectivity index (χ4n) is 2.87. The molecule has 0 amide bonds. The van der Waals surface area contributed by atoms with E-state index >= 15 is 0 Å². The number of methoxy groups -OCH3 is 1. The highest BCUT2D eigenvalue weighted by Gasteiger charge is 2.11. The Morgan fingerprint density at radius 1 is 1.20 bits per heavy atom. The van der Waals surface area contributed by atoms with Gasteiger partial charge in [-0.05, 0) is 30.5 Å². The topological polar surface area (TPSA) is 45.0 Å². The molecule has 0 atom stereocenters. The quantitative estimate of drug-likeness (QED) is 0.907. The van der Waals surface area contributed by atoms with Crippen LogP contribution in [0.2, 0.25) is 0 Å². The van der Waals surface area contributed by atoms with Crippen LogP contribution in [0, 0.1) is 11.3 Å². The van der Waals surface area contributed by atoms with Gasteiger partial charge in [-0.15, -0.1) is 0 Å². The van der Waals surface area contributed by atoms with Crippen molar-refractivity contribution in [2.75, 3.05) is 7.11 Å². The summed E-state index contributed by atoms with van der Waals surface area (Å²) < 4.78 is 5.17. The van der Waals surface area contributed by atoms with Crippen LogP contribution in [0.25, 0.3) is 0 Å². The van der Waals surface area contributed by atoms with Crippen molar-refractivity contribution in [3.8, 4) is 11.8 Å². The molecular formula is C17H24N2O. The minimum absolute atomic E-state index is 0.615. The number of benzene rings is 1. The van der Waals surface area contributed by atoms with Crippen LogP contribution in [0.15, 0.2) is 18.2 Å². The van der Waals surface area contributed by atoms with Crippen molar-refractivity contribution < 1.29 is 4.74 Å². The maximum atomic E-state index is 9.11. The third-order valence-corrected chi connectivity index (χ3v) is 4.08. The second-order valence-electron chi connectivity index (χ2n) is 5.57. The van der Waals surface area contributed by atoms with Gasteiger partial charge in [0.2, 0.25) is 0 Å². The van der Waals surface area contributed by atoms with Gasteiger partial charge in [0, 0.05) is 12.6 Å². The first-order valence-corrected chi connectivity index (χ1v) is 7.64. The Labute approximate surface area is 121 Å². The van der Waals surface area contributed by atoms with Crippen LogP contribution in [-0.2, 0) is 6.54 Å². The summed E-state index contributed by atoms with van der Waals surface area (Å²) in [6.45, 7) is 0.837. The number of ether oxygens (including phenoxy) is 1. The lowest BCUT2D eigenvalue weighted by atomic mass is 9.96. The Bertz CT molecular complexity index is 457. The number of nitriles is 1. The second-order valence-corrected chi connectivity index (χ2v) is 5.57. The molecule has 1 aromatic carbocycles. The van der Waals surface area contributed by atoms with Gasteiger partial charge >= 0.3 is 0 Å². The van der Waals surface area contributed by atoms with Crippen LogP contribution < -0.4 is 10.1 Å². The molecule has 1 aromatic rings. The van der Waals surface area contributed by atoms with Crippen LogP contribution in [0.1, 0.15) is 56.1 Å². The monoisotopic (exact) mass is 272 g/mol. The second kappa shape index (κ2) is 7.91. The minimum Gasteiger partial charge on any atom is -0.495 e. The lowest BCUT2D eigenvalue weighted by molar-refractivity contribution is 0.388. The summed E-state index contributed by atoms with van der Waals surface area (Å²) in [4.78, 5) is 0. The number of rotatable bonds is 4. The molecule has 0 spiro atoms. The number of nitrogens with one attached hydrogen (secondary N) is 1. The standard InChI is InChI=1S/C17H24N2O/c1-20-17-10-9-14(11-15(17)12-18)13-19-16-7-5-3-2-4-6-8-16/h9-11,16,19H,2-8,13H2,1H3. The molecule has 20 heavy (non-hydrogen) atoms. The highest BCUT2D eigenvalue weighted by molar-refractivity contribution is 5.45. The van der Waals surface area contributed by atoms with Gasteiger partial charge in [0.15, 0.2) is 0 Å². The summed E-state index contributed by atoms with van der Waals surface area (Å²) >= 11 is 0. The molecule has 1 fully saturated rings. The molecule has 0 aromatic heterocycles. The predicted molar refractivity (Wildman–Crippen MR) is 80.7 cm³/mol. The van der Waals surface area contributed by atoms with Crippen molar-refractivity contribution in [2.24, 2.45) is 0 Å². The van der Waals surface area contributed by atoms with Crippen LogP contribution in [0.5, 0.6) is 5.75 Å². The zero-order valence-corrected chi connectivity index (χ0v) is 12.3. The summed E-state index contributed by atoms with van der Waals surface area (Å²) in [5.74, 6) is 0.655. The zero-order chi connectivity index (χ0) is 14.2. The van der Waals surface area contributed by atoms with Gasteiger partial charge in [0.25, 0.3) is 0 Å². The third-order valence-electron chi connectivity index (χ3n) is 4.08. The summed E-state index contributed by atoms with van der Waals surface area (Å²) in [5.41, 5.74) is 1.77. The minimum atomic E-state index is 0.615. The first-order chi connectivity index (χ1) is 9.83. The number of hydrogen-bond donors (Lipinski definition) is 1. The first kappa shape index (κ1) is 14.9. The maximum absolute atomic E-state index is 9.11. The van der Waals surface area contributed by atoms with Gasteiger partial charge in [0.1, 0.15) is 11.8 Å². The molecule has 1 saturated carbocycles. The van der Waals surface area contributed by atoms with Gasteiger partial charge in [-0.25, -0.2) is 0 Å². The van der Waals surface area contributed by atoms with Gasteiger partial charge in [0.05, 0.1) is 12.7 Å². The summed E-state index contributed by atoms with van der Waals surface area (Å²) in [6, 6.07) is 8.66. The fourth-order valence-corrected chi connectivity index (χ4v) is 2.87. The molecule has 1 N–H and O–H groups in total. The number of hydrogen-bond acceptors (Lipinski definition) is 3. The highest BCUT2D eigenvalue weighted by Crippen LogP contribution is 2.20. The van der Waals surface area contributed by atoms with Crippen molar-refractivity contribution in [3.05, 3.63) is 29.3 Å². The molecule has 0 radical (unpaired) electrons. The molecule has 2 rings (SSSR count). The Morgan fingerprint density at radius 2 is 1.90 bits per heavy atom. The van der Waals surface area contributed by atoms with E-state index in [9.17, 15) is 0 Å². The fraction of sp³-hybridized carbons (Fsp3) is 0.588. The maximum Gasteiger partial charge on any atom is 0.136 e. The third kappa shape index (κ3) is 4.25. The van der Waals surface area contributed by atoms with E-state index in [2.05, 4.69) is 11.4 Å². The largest absolute Gasteiger partial charge is 0.495 e. The van der Waals surface area contributed by atoms with Crippen molar-refractivity contribution in [3.63, 3.8) is 0 Å². The SMILES string of the molecule is COc1ccc(CNC2CCCCCCC2)cc1C#N. The van der Waals surface area contributed by atoms with Crippen LogP contribution in [0.3, 0.4) is 0 Å². The van der Waals surface area contributed by atoms with E-state index in [-0.39, 0.29) is 0 Å². The smallest absolute Gasteiger partial charge is 0.136 e. The first-order valence-electron chi connectivity index (χ1n) is 7.64. The van der Waals surface area contributed by atoms with E-state index < -0.39 is 0 Å². The van der Waals surface area contributed by atoms with E-state index in [4.69, 9.17) is 10.00 Å². The van der Waals surface area contributed by atoms with Gasteiger partial charge in [-0.3, -0.25) is 0 Å². The molecule has 0 aliphatic heterocycles. The van der Waals surface area contributed by atoms with Crippen molar-refractivity contribution in [1.82, 2.24) is 5.32 Å². The van der Waals surface area contributed by atoms with E-state index in [0.29, 0.717) is 17.4 Å². The Hall–Kier alpha value is -1.53. The van der Waals surface area contributed by atoms with E-state index in [1.54, 1.807) is 7.11 Å². The van der Waals surface area contributed by atoms with E-state index in [1.807, 2.05) is 18.2 Å². The molecule has 108 valence electrons. The predicted octanol–water partition coefficient (Wildman–Crippen LogP) is 3.77. The summed E-state index contributed by atoms with van der Waals surface area (Å²) in [6.07, 6.45) is 9.38. The molecule has 3 heteroatoms. The molecule has 0 unspecified atom stereocenters. The van der Waals surface area contributed by atoms with Crippen LogP contribution >= 0.6 is 0 Å². The van der Waals surface area contributed by atoms with Crippen molar-refractivity contribution in [2.45, 2.75) is 57.5 Å². The Kier molecular flexibility index (Phi) is 5.88. The molecule has 1 aliphatic rings. The summed E-state index contributed by atoms with van der Waals surface area (Å²) in [5, 5.41) is 12.8. The van der Waals surface area contributed by atoms with Crippen LogP contribution in [0.4, 0.5) is 0 Å². The van der Waals surface area contributed by atoms with Crippen LogP contribution in [-0.4, -0.2) is 13.2 Å².